The number of carbonyl (C=O) groups excluding carboxylic acids is 1. The molecule has 1 unspecified atom stereocenters. The van der Waals surface area contributed by atoms with E-state index in [0.29, 0.717) is 41.2 Å². The molecule has 0 radical (unpaired) electrons. The smallest absolute Gasteiger partial charge is 0.244 e. The summed E-state index contributed by atoms with van der Waals surface area (Å²) in [5.74, 6) is 1.08. The largest absolute Gasteiger partial charge is 0.347 e. The highest BCUT2D eigenvalue weighted by Gasteiger charge is 2.40. The van der Waals surface area contributed by atoms with Gasteiger partial charge in [0.1, 0.15) is 11.9 Å². The van der Waals surface area contributed by atoms with Crippen molar-refractivity contribution in [1.29, 1.82) is 0 Å². The molecule has 1 fully saturated rings. The van der Waals surface area contributed by atoms with Crippen molar-refractivity contribution in [2.45, 2.75) is 58.0 Å². The van der Waals surface area contributed by atoms with E-state index in [9.17, 15) is 13.2 Å². The second-order valence-electron chi connectivity index (χ2n) is 7.44. The standard InChI is InChI=1S/C19H27N5O3S/c1-12-9-13(2)18(14(3)10-12)28(26,27)24-8-6-7-16(24)19(25)20-11-17-22-21-15(4)23(17)5/h9-10,16H,6-8,11H2,1-5H3,(H,20,25). The lowest BCUT2D eigenvalue weighted by Gasteiger charge is -2.25. The summed E-state index contributed by atoms with van der Waals surface area (Å²) in [6.45, 7) is 7.93. The van der Waals surface area contributed by atoms with Gasteiger partial charge in [0.05, 0.1) is 11.4 Å². The first-order valence-corrected chi connectivity index (χ1v) is 10.8. The van der Waals surface area contributed by atoms with E-state index >= 15 is 0 Å². The Labute approximate surface area is 166 Å². The summed E-state index contributed by atoms with van der Waals surface area (Å²) in [5, 5.41) is 10.8. The van der Waals surface area contributed by atoms with Crippen molar-refractivity contribution in [2.24, 2.45) is 7.05 Å². The molecule has 28 heavy (non-hydrogen) atoms. The van der Waals surface area contributed by atoms with Crippen LogP contribution in [0.3, 0.4) is 0 Å². The van der Waals surface area contributed by atoms with Crippen LogP contribution in [0.1, 0.15) is 41.2 Å². The molecule has 9 heteroatoms. The Kier molecular flexibility index (Phi) is 5.58. The quantitative estimate of drug-likeness (QED) is 0.813. The average molecular weight is 406 g/mol. The highest BCUT2D eigenvalue weighted by atomic mass is 32.2. The van der Waals surface area contributed by atoms with E-state index in [1.54, 1.807) is 18.4 Å². The SMILES string of the molecule is Cc1cc(C)c(S(=O)(=O)N2CCCC2C(=O)NCc2nnc(C)n2C)c(C)c1. The molecule has 1 aliphatic rings. The van der Waals surface area contributed by atoms with Crippen molar-refractivity contribution in [3.05, 3.63) is 40.5 Å². The van der Waals surface area contributed by atoms with Gasteiger partial charge in [0.25, 0.3) is 0 Å². The number of nitrogens with one attached hydrogen (secondary N) is 1. The van der Waals surface area contributed by atoms with Crippen LogP contribution in [0.4, 0.5) is 0 Å². The Bertz CT molecular complexity index is 990. The monoisotopic (exact) mass is 405 g/mol. The van der Waals surface area contributed by atoms with Gasteiger partial charge in [-0.25, -0.2) is 8.42 Å². The summed E-state index contributed by atoms with van der Waals surface area (Å²) in [4.78, 5) is 13.1. The molecule has 2 aromatic rings. The zero-order chi connectivity index (χ0) is 20.6. The average Bonchev–Trinajstić information content (AvgIpc) is 3.20. The van der Waals surface area contributed by atoms with Crippen LogP contribution >= 0.6 is 0 Å². The zero-order valence-corrected chi connectivity index (χ0v) is 17.8. The summed E-state index contributed by atoms with van der Waals surface area (Å²) < 4.78 is 29.8. The molecule has 0 saturated carbocycles. The molecule has 3 rings (SSSR count). The lowest BCUT2D eigenvalue weighted by atomic mass is 10.1. The van der Waals surface area contributed by atoms with Crippen molar-refractivity contribution in [3.63, 3.8) is 0 Å². The summed E-state index contributed by atoms with van der Waals surface area (Å²) in [6.07, 6.45) is 1.16. The number of rotatable bonds is 5. The Morgan fingerprint density at radius 3 is 2.39 bits per heavy atom. The fourth-order valence-corrected chi connectivity index (χ4v) is 5.94. The van der Waals surface area contributed by atoms with Gasteiger partial charge in [0.2, 0.25) is 15.9 Å². The number of amides is 1. The maximum Gasteiger partial charge on any atom is 0.244 e. The molecule has 1 saturated heterocycles. The Morgan fingerprint density at radius 2 is 1.82 bits per heavy atom. The van der Waals surface area contributed by atoms with Crippen LogP contribution in [-0.4, -0.2) is 46.0 Å². The molecular formula is C19H27N5O3S. The summed E-state index contributed by atoms with van der Waals surface area (Å²) >= 11 is 0. The molecule has 1 N–H and O–H groups in total. The van der Waals surface area contributed by atoms with Crippen molar-refractivity contribution in [3.8, 4) is 0 Å². The molecule has 1 aromatic carbocycles. The molecule has 1 amide bonds. The van der Waals surface area contributed by atoms with Crippen LogP contribution in [0.25, 0.3) is 0 Å². The molecule has 1 aliphatic heterocycles. The molecule has 2 heterocycles. The van der Waals surface area contributed by atoms with Gasteiger partial charge in [-0.15, -0.1) is 10.2 Å². The molecule has 0 aliphatic carbocycles. The fraction of sp³-hybridized carbons (Fsp3) is 0.526. The van der Waals surface area contributed by atoms with Crippen LogP contribution < -0.4 is 5.32 Å². The van der Waals surface area contributed by atoms with Crippen molar-refractivity contribution >= 4 is 15.9 Å². The molecule has 1 atom stereocenters. The maximum atomic E-state index is 13.4. The molecule has 8 nitrogen and oxygen atoms in total. The van der Waals surface area contributed by atoms with Gasteiger partial charge < -0.3 is 9.88 Å². The van der Waals surface area contributed by atoms with Crippen molar-refractivity contribution in [2.75, 3.05) is 6.54 Å². The van der Waals surface area contributed by atoms with Crippen molar-refractivity contribution < 1.29 is 13.2 Å². The molecular weight excluding hydrogens is 378 g/mol. The van der Waals surface area contributed by atoms with Gasteiger partial charge >= 0.3 is 0 Å². The Morgan fingerprint density at radius 1 is 1.18 bits per heavy atom. The minimum absolute atomic E-state index is 0.211. The van der Waals surface area contributed by atoms with Crippen LogP contribution in [0.5, 0.6) is 0 Å². The second kappa shape index (κ2) is 7.63. The molecule has 152 valence electrons. The van der Waals surface area contributed by atoms with Gasteiger partial charge in [-0.05, 0) is 51.7 Å². The number of nitrogens with zero attached hydrogens (tertiary/aromatic N) is 4. The lowest BCUT2D eigenvalue weighted by Crippen LogP contribution is -2.46. The van der Waals surface area contributed by atoms with E-state index in [1.807, 2.05) is 33.0 Å². The van der Waals surface area contributed by atoms with Crippen LogP contribution in [0.15, 0.2) is 17.0 Å². The number of aryl methyl sites for hydroxylation is 4. The van der Waals surface area contributed by atoms with Gasteiger partial charge in [0, 0.05) is 13.6 Å². The summed E-state index contributed by atoms with van der Waals surface area (Å²) in [5.41, 5.74) is 2.43. The van der Waals surface area contributed by atoms with Crippen LogP contribution in [-0.2, 0) is 28.4 Å². The van der Waals surface area contributed by atoms with E-state index in [-0.39, 0.29) is 12.5 Å². The molecule has 0 spiro atoms. The summed E-state index contributed by atoms with van der Waals surface area (Å²) in [7, 11) is -1.93. The second-order valence-corrected chi connectivity index (χ2v) is 9.27. The van der Waals surface area contributed by atoms with Crippen molar-refractivity contribution in [1.82, 2.24) is 24.4 Å². The fourth-order valence-electron chi connectivity index (χ4n) is 3.87. The third-order valence-electron chi connectivity index (χ3n) is 5.28. The van der Waals surface area contributed by atoms with E-state index in [1.165, 1.54) is 4.31 Å². The highest BCUT2D eigenvalue weighted by molar-refractivity contribution is 7.89. The van der Waals surface area contributed by atoms with Crippen LogP contribution in [0.2, 0.25) is 0 Å². The topological polar surface area (TPSA) is 97.2 Å². The van der Waals surface area contributed by atoms with E-state index in [0.717, 1.165) is 11.4 Å². The first-order chi connectivity index (χ1) is 13.1. The number of carbonyl (C=O) groups is 1. The van der Waals surface area contributed by atoms with E-state index < -0.39 is 16.1 Å². The lowest BCUT2D eigenvalue weighted by molar-refractivity contribution is -0.124. The van der Waals surface area contributed by atoms with E-state index in [4.69, 9.17) is 0 Å². The van der Waals surface area contributed by atoms with Gasteiger partial charge in [-0.1, -0.05) is 17.7 Å². The zero-order valence-electron chi connectivity index (χ0n) is 17.0. The number of benzene rings is 1. The summed E-state index contributed by atoms with van der Waals surface area (Å²) in [6, 6.07) is 3.02. The van der Waals surface area contributed by atoms with Gasteiger partial charge in [-0.3, -0.25) is 4.79 Å². The molecule has 0 bridgehead atoms. The maximum absolute atomic E-state index is 13.4. The minimum atomic E-state index is -3.76. The number of hydrogen-bond donors (Lipinski definition) is 1. The Balaban J connectivity index is 1.82. The van der Waals surface area contributed by atoms with Gasteiger partial charge in [0.15, 0.2) is 5.82 Å². The minimum Gasteiger partial charge on any atom is -0.347 e. The molecule has 1 aromatic heterocycles. The number of hydrogen-bond acceptors (Lipinski definition) is 5. The Hall–Kier alpha value is -2.26. The predicted octanol–water partition coefficient (Wildman–Crippen LogP) is 1.52. The third-order valence-corrected chi connectivity index (χ3v) is 7.50. The first kappa shape index (κ1) is 20.5. The highest BCUT2D eigenvalue weighted by Crippen LogP contribution is 2.30. The predicted molar refractivity (Wildman–Crippen MR) is 105 cm³/mol. The first-order valence-electron chi connectivity index (χ1n) is 9.35. The van der Waals surface area contributed by atoms with Gasteiger partial charge in [-0.2, -0.15) is 4.31 Å². The third kappa shape index (κ3) is 3.68. The number of aromatic nitrogens is 3. The number of sulfonamides is 1. The normalized spacial score (nSPS) is 17.8. The van der Waals surface area contributed by atoms with Crippen LogP contribution in [0, 0.1) is 27.7 Å². The van der Waals surface area contributed by atoms with E-state index in [2.05, 4.69) is 15.5 Å².